The van der Waals surface area contributed by atoms with E-state index >= 15 is 4.79 Å². The summed E-state index contributed by atoms with van der Waals surface area (Å²) >= 11 is 0. The van der Waals surface area contributed by atoms with Crippen molar-refractivity contribution < 1.29 is 22.7 Å². The summed E-state index contributed by atoms with van der Waals surface area (Å²) in [7, 11) is 1.98. The van der Waals surface area contributed by atoms with Crippen LogP contribution in [-0.2, 0) is 16.6 Å². The van der Waals surface area contributed by atoms with E-state index < -0.39 is 18.2 Å². The molecule has 1 heterocycles. The fourth-order valence-electron chi connectivity index (χ4n) is 8.02. The van der Waals surface area contributed by atoms with Crippen molar-refractivity contribution in [1.82, 2.24) is 10.2 Å². The molecule has 1 aromatic rings. The molecule has 4 nitrogen and oxygen atoms in total. The summed E-state index contributed by atoms with van der Waals surface area (Å²) in [5, 5.41) is 3.35. The fraction of sp³-hybridized carbons (Fsp3) is 0.710. The summed E-state index contributed by atoms with van der Waals surface area (Å²) in [5.74, 6) is 1.17. The molecule has 1 aliphatic heterocycles. The van der Waals surface area contributed by atoms with Gasteiger partial charge in [0, 0.05) is 11.7 Å². The van der Waals surface area contributed by atoms with E-state index in [4.69, 9.17) is 4.74 Å². The van der Waals surface area contributed by atoms with Crippen molar-refractivity contribution in [3.05, 3.63) is 41.1 Å². The van der Waals surface area contributed by atoms with Gasteiger partial charge in [-0.1, -0.05) is 39.3 Å². The van der Waals surface area contributed by atoms with E-state index in [0.29, 0.717) is 11.8 Å². The van der Waals surface area contributed by atoms with Gasteiger partial charge in [0.2, 0.25) is 5.91 Å². The lowest BCUT2D eigenvalue weighted by Gasteiger charge is -2.57. The van der Waals surface area contributed by atoms with Gasteiger partial charge in [0.15, 0.2) is 6.61 Å². The molecule has 212 valence electrons. The van der Waals surface area contributed by atoms with Gasteiger partial charge in [-0.2, -0.15) is 13.2 Å². The van der Waals surface area contributed by atoms with E-state index in [9.17, 15) is 13.2 Å². The topological polar surface area (TPSA) is 41.6 Å². The van der Waals surface area contributed by atoms with Crippen molar-refractivity contribution in [3.63, 3.8) is 0 Å². The van der Waals surface area contributed by atoms with Crippen molar-refractivity contribution in [1.29, 1.82) is 0 Å². The van der Waals surface area contributed by atoms with E-state index in [1.807, 2.05) is 18.0 Å². The molecular weight excluding hydrogens is 489 g/mol. The number of rotatable bonds is 8. The summed E-state index contributed by atoms with van der Waals surface area (Å²) < 4.78 is 44.3. The number of allylic oxidation sites excluding steroid dienone is 2. The van der Waals surface area contributed by atoms with Gasteiger partial charge in [-0.05, 0) is 112 Å². The highest BCUT2D eigenvalue weighted by atomic mass is 19.4. The average Bonchev–Trinajstić information content (AvgIpc) is 3.08. The third-order valence-corrected chi connectivity index (χ3v) is 9.10. The minimum absolute atomic E-state index is 0.00959. The predicted octanol–water partition coefficient (Wildman–Crippen LogP) is 7.02. The largest absolute Gasteiger partial charge is 0.484 e. The van der Waals surface area contributed by atoms with E-state index in [1.54, 1.807) is 12.1 Å². The first kappa shape index (κ1) is 29.0. The first-order valence-electron chi connectivity index (χ1n) is 14.4. The zero-order chi connectivity index (χ0) is 27.9. The highest BCUT2D eigenvalue weighted by Crippen LogP contribution is 2.66. The third kappa shape index (κ3) is 5.00. The van der Waals surface area contributed by atoms with E-state index in [-0.39, 0.29) is 29.0 Å². The molecule has 1 aromatic carbocycles. The minimum Gasteiger partial charge on any atom is -0.484 e. The summed E-state index contributed by atoms with van der Waals surface area (Å²) in [6.07, 6.45) is 4.39. The number of carbonyl (C=O) groups excluding carboxylic acids is 1. The number of benzene rings is 1. The van der Waals surface area contributed by atoms with E-state index in [1.165, 1.54) is 0 Å². The van der Waals surface area contributed by atoms with Gasteiger partial charge < -0.3 is 15.0 Å². The number of alkyl halides is 3. The molecule has 0 aromatic heterocycles. The van der Waals surface area contributed by atoms with Gasteiger partial charge in [0.25, 0.3) is 0 Å². The van der Waals surface area contributed by atoms with Crippen LogP contribution in [0.1, 0.15) is 84.3 Å². The Kier molecular flexibility index (Phi) is 8.28. The minimum atomic E-state index is -4.42. The molecule has 0 saturated heterocycles. The lowest BCUT2D eigenvalue weighted by molar-refractivity contribution is -0.154. The number of nitrogens with one attached hydrogen (secondary N) is 1. The predicted molar refractivity (Wildman–Crippen MR) is 145 cm³/mol. The summed E-state index contributed by atoms with van der Waals surface area (Å²) in [6.45, 7) is 10.2. The average molecular weight is 535 g/mol. The van der Waals surface area contributed by atoms with Crippen molar-refractivity contribution in [2.24, 2.45) is 23.2 Å². The standard InChI is InChI=1S/C31H45F3N2O2/c1-7-24-14-25(13-20(2)3)36(21(4)5)28(37)31(24)27-15-26(38-19-30(32,33)34)11-10-23(27)17-29(31)12-8-9-22(16-29)18-35-6/h10-11,14-15,20-22,24,35H,7-9,12-13,16-19H2,1-6H3. The number of ether oxygens (including phenoxy) is 1. The summed E-state index contributed by atoms with van der Waals surface area (Å²) in [5.41, 5.74) is 1.98. The van der Waals surface area contributed by atoms with Gasteiger partial charge >= 0.3 is 6.18 Å². The number of halogens is 3. The SMILES string of the molecule is CCC1C=C(CC(C)C)N(C(C)C)C(=O)C12c1cc(OCC(F)(F)F)ccc1CC21CCCC(CNC)C1. The zero-order valence-electron chi connectivity index (χ0n) is 23.9. The monoisotopic (exact) mass is 534 g/mol. The van der Waals surface area contributed by atoms with Crippen LogP contribution in [-0.4, -0.2) is 43.2 Å². The fourth-order valence-corrected chi connectivity index (χ4v) is 8.02. The Morgan fingerprint density at radius 1 is 1.21 bits per heavy atom. The molecule has 4 atom stereocenters. The van der Waals surface area contributed by atoms with Gasteiger partial charge in [-0.25, -0.2) is 0 Å². The molecule has 7 heteroatoms. The van der Waals surface area contributed by atoms with Crippen LogP contribution in [0.4, 0.5) is 13.2 Å². The van der Waals surface area contributed by atoms with Crippen LogP contribution in [0.25, 0.3) is 0 Å². The van der Waals surface area contributed by atoms with Gasteiger partial charge in [-0.3, -0.25) is 4.79 Å². The Morgan fingerprint density at radius 2 is 1.95 bits per heavy atom. The molecular formula is C31H45F3N2O2. The highest BCUT2D eigenvalue weighted by molar-refractivity contribution is 5.94. The second-order valence-corrected chi connectivity index (χ2v) is 12.5. The Hall–Kier alpha value is -2.02. The molecule has 0 bridgehead atoms. The maximum Gasteiger partial charge on any atom is 0.422 e. The molecule has 3 aliphatic rings. The maximum absolute atomic E-state index is 15.1. The lowest BCUT2D eigenvalue weighted by Crippen LogP contribution is -2.63. The molecule has 1 fully saturated rings. The molecule has 4 rings (SSSR count). The van der Waals surface area contributed by atoms with Crippen LogP contribution in [0, 0.1) is 23.2 Å². The number of hydrogen-bond donors (Lipinski definition) is 1. The Balaban J connectivity index is 1.94. The van der Waals surface area contributed by atoms with Crippen molar-refractivity contribution >= 4 is 5.91 Å². The van der Waals surface area contributed by atoms with Gasteiger partial charge in [0.1, 0.15) is 5.75 Å². The number of nitrogens with zero attached hydrogens (tertiary/aromatic N) is 1. The molecule has 4 unspecified atom stereocenters. The number of carbonyl (C=O) groups is 1. The number of hydrogen-bond acceptors (Lipinski definition) is 3. The zero-order valence-corrected chi connectivity index (χ0v) is 23.9. The van der Waals surface area contributed by atoms with Crippen molar-refractivity contribution in [2.75, 3.05) is 20.2 Å². The normalized spacial score (nSPS) is 29.5. The molecule has 2 spiro atoms. The van der Waals surface area contributed by atoms with Crippen LogP contribution in [0.3, 0.4) is 0 Å². The highest BCUT2D eigenvalue weighted by Gasteiger charge is 2.67. The van der Waals surface area contributed by atoms with Crippen molar-refractivity contribution in [3.8, 4) is 5.75 Å². The summed E-state index contributed by atoms with van der Waals surface area (Å²) in [6, 6.07) is 5.34. The third-order valence-electron chi connectivity index (χ3n) is 9.10. The van der Waals surface area contributed by atoms with Crippen LogP contribution in [0.5, 0.6) is 5.75 Å². The Labute approximate surface area is 226 Å². The van der Waals surface area contributed by atoms with Gasteiger partial charge in [0.05, 0.1) is 5.41 Å². The van der Waals surface area contributed by atoms with Crippen LogP contribution in [0.2, 0.25) is 0 Å². The van der Waals surface area contributed by atoms with Crippen LogP contribution in [0.15, 0.2) is 30.0 Å². The quantitative estimate of drug-likeness (QED) is 0.390. The van der Waals surface area contributed by atoms with E-state index in [2.05, 4.69) is 46.0 Å². The Morgan fingerprint density at radius 3 is 2.55 bits per heavy atom. The molecule has 1 saturated carbocycles. The van der Waals surface area contributed by atoms with Crippen molar-refractivity contribution in [2.45, 2.75) is 97.2 Å². The smallest absolute Gasteiger partial charge is 0.422 e. The Bertz CT molecular complexity index is 1050. The number of fused-ring (bicyclic) bond motifs is 3. The van der Waals surface area contributed by atoms with Gasteiger partial charge in [-0.15, -0.1) is 0 Å². The lowest BCUT2D eigenvalue weighted by atomic mass is 9.49. The van der Waals surface area contributed by atoms with Crippen LogP contribution < -0.4 is 10.1 Å². The van der Waals surface area contributed by atoms with Crippen LogP contribution >= 0.6 is 0 Å². The molecule has 38 heavy (non-hydrogen) atoms. The second-order valence-electron chi connectivity index (χ2n) is 12.5. The second kappa shape index (κ2) is 10.9. The first-order valence-corrected chi connectivity index (χ1v) is 14.4. The molecule has 1 amide bonds. The molecule has 1 N–H and O–H groups in total. The first-order chi connectivity index (χ1) is 17.9. The summed E-state index contributed by atoms with van der Waals surface area (Å²) in [4.78, 5) is 17.2. The molecule has 2 aliphatic carbocycles. The number of amides is 1. The maximum atomic E-state index is 15.1. The van der Waals surface area contributed by atoms with E-state index in [0.717, 1.165) is 68.3 Å². The molecule has 0 radical (unpaired) electrons.